The lowest BCUT2D eigenvalue weighted by atomic mass is 10.2. The van der Waals surface area contributed by atoms with Crippen LogP contribution in [-0.4, -0.2) is 64.6 Å². The summed E-state index contributed by atoms with van der Waals surface area (Å²) in [6, 6.07) is 15.4. The highest BCUT2D eigenvalue weighted by molar-refractivity contribution is 7.99. The number of hydrogen-bond acceptors (Lipinski definition) is 6. The van der Waals surface area contributed by atoms with Crippen molar-refractivity contribution >= 4 is 35.0 Å². The van der Waals surface area contributed by atoms with Gasteiger partial charge in [0.05, 0.1) is 23.6 Å². The molecule has 1 aliphatic rings. The van der Waals surface area contributed by atoms with Crippen LogP contribution < -0.4 is 9.64 Å². The van der Waals surface area contributed by atoms with Gasteiger partial charge in [-0.3, -0.25) is 9.36 Å². The third-order valence-corrected chi connectivity index (χ3v) is 6.26. The van der Waals surface area contributed by atoms with Gasteiger partial charge in [0, 0.05) is 31.9 Å². The van der Waals surface area contributed by atoms with Crippen molar-refractivity contribution in [2.75, 3.05) is 43.9 Å². The molecular weight excluding hydrogens is 422 g/mol. The number of rotatable bonds is 6. The average Bonchev–Trinajstić information content (AvgIpc) is 3.26. The van der Waals surface area contributed by atoms with Crippen molar-refractivity contribution in [1.82, 2.24) is 19.7 Å². The molecule has 3 aromatic rings. The van der Waals surface area contributed by atoms with E-state index in [9.17, 15) is 4.79 Å². The number of carbonyl (C=O) groups is 1. The van der Waals surface area contributed by atoms with E-state index in [1.165, 1.54) is 11.8 Å². The molecule has 4 rings (SSSR count). The number of anilines is 1. The van der Waals surface area contributed by atoms with Crippen LogP contribution in [0.3, 0.4) is 0 Å². The van der Waals surface area contributed by atoms with Gasteiger partial charge in [-0.2, -0.15) is 0 Å². The summed E-state index contributed by atoms with van der Waals surface area (Å²) in [4.78, 5) is 16.8. The summed E-state index contributed by atoms with van der Waals surface area (Å²) in [6.07, 6.45) is 1.65. The smallest absolute Gasteiger partial charge is 0.233 e. The van der Waals surface area contributed by atoms with E-state index in [0.717, 1.165) is 35.2 Å². The monoisotopic (exact) mass is 443 g/mol. The molecule has 0 spiro atoms. The highest BCUT2D eigenvalue weighted by Gasteiger charge is 2.23. The Morgan fingerprint density at radius 1 is 1.10 bits per heavy atom. The first kappa shape index (κ1) is 20.6. The minimum Gasteiger partial charge on any atom is -0.497 e. The Morgan fingerprint density at radius 2 is 1.83 bits per heavy atom. The number of para-hydroxylation sites is 1. The highest BCUT2D eigenvalue weighted by Crippen LogP contribution is 2.26. The first-order chi connectivity index (χ1) is 14.7. The maximum Gasteiger partial charge on any atom is 0.233 e. The van der Waals surface area contributed by atoms with Crippen LogP contribution in [0, 0.1) is 0 Å². The van der Waals surface area contributed by atoms with Gasteiger partial charge in [0.25, 0.3) is 0 Å². The number of methoxy groups -OCH3 is 1. The molecule has 30 heavy (non-hydrogen) atoms. The molecule has 0 radical (unpaired) electrons. The average molecular weight is 444 g/mol. The van der Waals surface area contributed by atoms with Gasteiger partial charge in [0.1, 0.15) is 12.1 Å². The van der Waals surface area contributed by atoms with Gasteiger partial charge in [-0.1, -0.05) is 35.5 Å². The van der Waals surface area contributed by atoms with Crippen molar-refractivity contribution in [1.29, 1.82) is 0 Å². The van der Waals surface area contributed by atoms with Gasteiger partial charge in [-0.25, -0.2) is 0 Å². The predicted molar refractivity (Wildman–Crippen MR) is 119 cm³/mol. The maximum atomic E-state index is 12.7. The lowest BCUT2D eigenvalue weighted by molar-refractivity contribution is -0.128. The standard InChI is InChI=1S/C21H22ClN5O2S/c1-29-17-8-6-16(7-9-17)27-15-23-24-21(27)30-14-20(28)26-12-10-25(11-13-26)19-5-3-2-4-18(19)22/h2-9,15H,10-14H2,1H3. The van der Waals surface area contributed by atoms with Crippen LogP contribution in [0.15, 0.2) is 60.0 Å². The second-order valence-electron chi connectivity index (χ2n) is 6.79. The van der Waals surface area contributed by atoms with Crippen molar-refractivity contribution in [3.05, 3.63) is 59.9 Å². The minimum absolute atomic E-state index is 0.100. The van der Waals surface area contributed by atoms with Crippen molar-refractivity contribution < 1.29 is 9.53 Å². The number of piperazine rings is 1. The molecule has 0 N–H and O–H groups in total. The molecule has 1 fully saturated rings. The molecule has 7 nitrogen and oxygen atoms in total. The molecule has 0 saturated carbocycles. The van der Waals surface area contributed by atoms with E-state index < -0.39 is 0 Å². The Morgan fingerprint density at radius 3 is 2.53 bits per heavy atom. The van der Waals surface area contributed by atoms with Gasteiger partial charge in [0.15, 0.2) is 5.16 Å². The summed E-state index contributed by atoms with van der Waals surface area (Å²) < 4.78 is 7.07. The Bertz CT molecular complexity index is 1000. The topological polar surface area (TPSA) is 63.5 Å². The molecule has 1 aliphatic heterocycles. The Hall–Kier alpha value is -2.71. The van der Waals surface area contributed by atoms with E-state index in [1.54, 1.807) is 13.4 Å². The number of carbonyl (C=O) groups excluding carboxylic acids is 1. The Kier molecular flexibility index (Phi) is 6.44. The molecule has 156 valence electrons. The maximum absolute atomic E-state index is 12.7. The lowest BCUT2D eigenvalue weighted by Crippen LogP contribution is -2.49. The van der Waals surface area contributed by atoms with Gasteiger partial charge in [0.2, 0.25) is 5.91 Å². The van der Waals surface area contributed by atoms with Crippen molar-refractivity contribution in [2.24, 2.45) is 0 Å². The fraction of sp³-hybridized carbons (Fsp3) is 0.286. The number of halogens is 1. The molecule has 0 aliphatic carbocycles. The van der Waals surface area contributed by atoms with Gasteiger partial charge in [-0.05, 0) is 36.4 Å². The fourth-order valence-corrected chi connectivity index (χ4v) is 4.45. The molecule has 1 amide bonds. The van der Waals surface area contributed by atoms with Crippen LogP contribution in [0.1, 0.15) is 0 Å². The SMILES string of the molecule is COc1ccc(-n2cnnc2SCC(=O)N2CCN(c3ccccc3Cl)CC2)cc1. The molecule has 2 heterocycles. The predicted octanol–water partition coefficient (Wildman–Crippen LogP) is 3.37. The molecule has 1 aromatic heterocycles. The normalized spacial score (nSPS) is 14.1. The summed E-state index contributed by atoms with van der Waals surface area (Å²) in [6.45, 7) is 2.88. The van der Waals surface area contributed by atoms with Crippen LogP contribution in [0.25, 0.3) is 5.69 Å². The molecule has 9 heteroatoms. The summed E-state index contributed by atoms with van der Waals surface area (Å²) in [7, 11) is 1.63. The van der Waals surface area contributed by atoms with E-state index in [0.29, 0.717) is 24.0 Å². The van der Waals surface area contributed by atoms with E-state index in [4.69, 9.17) is 16.3 Å². The summed E-state index contributed by atoms with van der Waals surface area (Å²) in [5, 5.41) is 9.59. The molecule has 0 bridgehead atoms. The van der Waals surface area contributed by atoms with Crippen LogP contribution in [0.4, 0.5) is 5.69 Å². The number of aromatic nitrogens is 3. The fourth-order valence-electron chi connectivity index (χ4n) is 3.37. The number of benzene rings is 2. The largest absolute Gasteiger partial charge is 0.497 e. The molecular formula is C21H22ClN5O2S. The van der Waals surface area contributed by atoms with Crippen LogP contribution in [0.2, 0.25) is 5.02 Å². The Balaban J connectivity index is 1.33. The van der Waals surface area contributed by atoms with Crippen LogP contribution in [-0.2, 0) is 4.79 Å². The van der Waals surface area contributed by atoms with Crippen LogP contribution in [0.5, 0.6) is 5.75 Å². The number of amides is 1. The molecule has 1 saturated heterocycles. The minimum atomic E-state index is 0.100. The first-order valence-electron chi connectivity index (χ1n) is 9.60. The van der Waals surface area contributed by atoms with Gasteiger partial charge >= 0.3 is 0 Å². The number of hydrogen-bond donors (Lipinski definition) is 0. The molecule has 2 aromatic carbocycles. The zero-order valence-corrected chi connectivity index (χ0v) is 18.1. The van der Waals surface area contributed by atoms with E-state index in [2.05, 4.69) is 15.1 Å². The first-order valence-corrected chi connectivity index (χ1v) is 11.0. The third-order valence-electron chi connectivity index (χ3n) is 5.02. The van der Waals surface area contributed by atoms with Crippen LogP contribution >= 0.6 is 23.4 Å². The third kappa shape index (κ3) is 4.55. The highest BCUT2D eigenvalue weighted by atomic mass is 35.5. The lowest BCUT2D eigenvalue weighted by Gasteiger charge is -2.36. The number of thioether (sulfide) groups is 1. The van der Waals surface area contributed by atoms with Gasteiger partial charge < -0.3 is 14.5 Å². The van der Waals surface area contributed by atoms with Crippen molar-refractivity contribution in [2.45, 2.75) is 5.16 Å². The zero-order chi connectivity index (χ0) is 20.9. The number of nitrogens with zero attached hydrogens (tertiary/aromatic N) is 5. The molecule has 0 unspecified atom stereocenters. The summed E-state index contributed by atoms with van der Waals surface area (Å²) in [5.74, 6) is 1.20. The quantitative estimate of drug-likeness (QED) is 0.544. The second-order valence-corrected chi connectivity index (χ2v) is 8.14. The van der Waals surface area contributed by atoms with E-state index in [-0.39, 0.29) is 5.91 Å². The summed E-state index contributed by atoms with van der Waals surface area (Å²) in [5.41, 5.74) is 1.94. The zero-order valence-electron chi connectivity index (χ0n) is 16.6. The summed E-state index contributed by atoms with van der Waals surface area (Å²) >= 11 is 7.69. The second kappa shape index (κ2) is 9.40. The van der Waals surface area contributed by atoms with E-state index >= 15 is 0 Å². The van der Waals surface area contributed by atoms with E-state index in [1.807, 2.05) is 58.0 Å². The van der Waals surface area contributed by atoms with Crippen molar-refractivity contribution in [3.63, 3.8) is 0 Å². The Labute approximate surface area is 184 Å². The number of ether oxygens (including phenoxy) is 1. The molecule has 0 atom stereocenters. The van der Waals surface area contributed by atoms with Gasteiger partial charge in [-0.15, -0.1) is 10.2 Å². The van der Waals surface area contributed by atoms with Crippen molar-refractivity contribution in [3.8, 4) is 11.4 Å².